The van der Waals surface area contributed by atoms with Crippen LogP contribution in [0.1, 0.15) is 10.4 Å². The first-order valence-corrected chi connectivity index (χ1v) is 7.00. The van der Waals surface area contributed by atoms with E-state index in [0.717, 1.165) is 18.2 Å². The summed E-state index contributed by atoms with van der Waals surface area (Å²) in [6.45, 7) is -0.715. The van der Waals surface area contributed by atoms with Crippen molar-refractivity contribution in [2.24, 2.45) is 0 Å². The van der Waals surface area contributed by atoms with Gasteiger partial charge in [-0.25, -0.2) is 13.6 Å². The molecule has 2 aromatic carbocycles. The fourth-order valence-electron chi connectivity index (χ4n) is 1.67. The van der Waals surface area contributed by atoms with Crippen molar-refractivity contribution in [2.45, 2.75) is 0 Å². The quantitative estimate of drug-likeness (QED) is 0.837. The number of carbonyl (C=O) groups excluding carboxylic acids is 2. The van der Waals surface area contributed by atoms with Gasteiger partial charge in [0.05, 0.1) is 10.0 Å². The summed E-state index contributed by atoms with van der Waals surface area (Å²) in [6.07, 6.45) is 0. The number of esters is 1. The van der Waals surface area contributed by atoms with Gasteiger partial charge in [-0.05, 0) is 30.3 Å². The molecule has 0 fully saturated rings. The number of amides is 1. The zero-order chi connectivity index (χ0) is 17.0. The number of anilines is 1. The molecular weight excluding hydrogens is 351 g/mol. The van der Waals surface area contributed by atoms with E-state index in [-0.39, 0.29) is 5.02 Å². The van der Waals surface area contributed by atoms with E-state index in [2.05, 4.69) is 10.1 Å². The van der Waals surface area contributed by atoms with Gasteiger partial charge in [0.25, 0.3) is 5.91 Å². The zero-order valence-electron chi connectivity index (χ0n) is 11.4. The summed E-state index contributed by atoms with van der Waals surface area (Å²) in [5.41, 5.74) is -0.521. The van der Waals surface area contributed by atoms with Gasteiger partial charge in [-0.3, -0.25) is 4.79 Å². The minimum absolute atomic E-state index is 0.231. The van der Waals surface area contributed by atoms with E-state index in [4.69, 9.17) is 23.2 Å². The Labute approximate surface area is 140 Å². The highest BCUT2D eigenvalue weighted by molar-refractivity contribution is 6.42. The molecule has 0 aromatic heterocycles. The van der Waals surface area contributed by atoms with Gasteiger partial charge in [-0.2, -0.15) is 0 Å². The number of hydrogen-bond acceptors (Lipinski definition) is 3. The summed E-state index contributed by atoms with van der Waals surface area (Å²) in [6, 6.07) is 7.30. The van der Waals surface area contributed by atoms with Crippen LogP contribution in [0.4, 0.5) is 14.5 Å². The molecule has 0 aliphatic rings. The minimum atomic E-state index is -1.27. The molecule has 0 saturated carbocycles. The van der Waals surface area contributed by atoms with Crippen molar-refractivity contribution in [1.82, 2.24) is 0 Å². The summed E-state index contributed by atoms with van der Waals surface area (Å²) in [4.78, 5) is 23.3. The lowest BCUT2D eigenvalue weighted by Gasteiger charge is -2.08. The number of nitrogens with one attached hydrogen (secondary N) is 1. The molecule has 1 N–H and O–H groups in total. The molecule has 1 amide bonds. The fraction of sp³-hybridized carbons (Fsp3) is 0.0667. The minimum Gasteiger partial charge on any atom is -0.452 e. The lowest BCUT2D eigenvalue weighted by molar-refractivity contribution is -0.119. The van der Waals surface area contributed by atoms with Crippen molar-refractivity contribution in [3.63, 3.8) is 0 Å². The maximum atomic E-state index is 13.4. The average Bonchev–Trinajstić information content (AvgIpc) is 2.49. The van der Waals surface area contributed by atoms with Crippen molar-refractivity contribution in [2.75, 3.05) is 11.9 Å². The maximum absolute atomic E-state index is 13.4. The Hall–Kier alpha value is -2.18. The Morgan fingerprint density at radius 1 is 1.04 bits per heavy atom. The molecule has 120 valence electrons. The molecule has 2 aromatic rings. The number of rotatable bonds is 4. The molecule has 4 nitrogen and oxygen atoms in total. The number of carbonyl (C=O) groups is 2. The molecule has 0 radical (unpaired) electrons. The molecule has 0 aliphatic carbocycles. The standard InChI is InChI=1S/C15H9Cl2F2NO3/c16-9-5-4-8(6-10(9)17)20-13(21)7-23-15(22)14-11(18)2-1-3-12(14)19/h1-6H,7H2,(H,20,21). The second-order valence-corrected chi connectivity index (χ2v) is 5.16. The Kier molecular flexibility index (Phi) is 5.52. The summed E-state index contributed by atoms with van der Waals surface area (Å²) in [5.74, 6) is -4.11. The molecule has 8 heteroatoms. The highest BCUT2D eigenvalue weighted by Gasteiger charge is 2.19. The van der Waals surface area contributed by atoms with Crippen molar-refractivity contribution < 1.29 is 23.1 Å². The SMILES string of the molecule is O=C(COC(=O)c1c(F)cccc1F)Nc1ccc(Cl)c(Cl)c1. The van der Waals surface area contributed by atoms with E-state index in [1.807, 2.05) is 0 Å². The second-order valence-electron chi connectivity index (χ2n) is 4.35. The lowest BCUT2D eigenvalue weighted by atomic mass is 10.2. The van der Waals surface area contributed by atoms with Crippen LogP contribution in [0.2, 0.25) is 10.0 Å². The molecule has 0 heterocycles. The van der Waals surface area contributed by atoms with Crippen LogP contribution in [0.25, 0.3) is 0 Å². The number of halogens is 4. The number of hydrogen-bond donors (Lipinski definition) is 1. The first kappa shape index (κ1) is 17.2. The Morgan fingerprint density at radius 2 is 1.70 bits per heavy atom. The van der Waals surface area contributed by atoms with Crippen LogP contribution >= 0.6 is 23.2 Å². The molecule has 0 saturated heterocycles. The predicted molar refractivity (Wildman–Crippen MR) is 81.7 cm³/mol. The number of ether oxygens (including phenoxy) is 1. The van der Waals surface area contributed by atoms with Gasteiger partial charge in [0.1, 0.15) is 17.2 Å². The van der Waals surface area contributed by atoms with Gasteiger partial charge in [-0.1, -0.05) is 29.3 Å². The predicted octanol–water partition coefficient (Wildman–Crippen LogP) is 4.07. The monoisotopic (exact) mass is 359 g/mol. The Balaban J connectivity index is 1.96. The highest BCUT2D eigenvalue weighted by atomic mass is 35.5. The largest absolute Gasteiger partial charge is 0.452 e. The van der Waals surface area contributed by atoms with Gasteiger partial charge >= 0.3 is 5.97 Å². The average molecular weight is 360 g/mol. The van der Waals surface area contributed by atoms with Gasteiger partial charge in [-0.15, -0.1) is 0 Å². The van der Waals surface area contributed by atoms with Crippen molar-refractivity contribution >= 4 is 40.8 Å². The molecule has 0 aliphatic heterocycles. The third-order valence-electron chi connectivity index (χ3n) is 2.70. The first-order chi connectivity index (χ1) is 10.9. The van der Waals surface area contributed by atoms with E-state index in [1.165, 1.54) is 18.2 Å². The first-order valence-electron chi connectivity index (χ1n) is 6.24. The lowest BCUT2D eigenvalue weighted by Crippen LogP contribution is -2.21. The number of benzene rings is 2. The van der Waals surface area contributed by atoms with Crippen molar-refractivity contribution in [3.05, 3.63) is 63.6 Å². The molecule has 0 unspecified atom stereocenters. The molecule has 0 spiro atoms. The van der Waals surface area contributed by atoms with Crippen LogP contribution in [0.5, 0.6) is 0 Å². The third kappa shape index (κ3) is 4.40. The fourth-order valence-corrected chi connectivity index (χ4v) is 1.97. The zero-order valence-corrected chi connectivity index (χ0v) is 12.9. The summed E-state index contributed by atoms with van der Waals surface area (Å²) >= 11 is 11.5. The van der Waals surface area contributed by atoms with Gasteiger partial charge in [0, 0.05) is 5.69 Å². The van der Waals surface area contributed by atoms with Crippen LogP contribution < -0.4 is 5.32 Å². The van der Waals surface area contributed by atoms with Gasteiger partial charge < -0.3 is 10.1 Å². The summed E-state index contributed by atoms with van der Waals surface area (Å²) < 4.78 is 31.4. The van der Waals surface area contributed by atoms with Gasteiger partial charge in [0.2, 0.25) is 0 Å². The van der Waals surface area contributed by atoms with Gasteiger partial charge in [0.15, 0.2) is 6.61 Å². The highest BCUT2D eigenvalue weighted by Crippen LogP contribution is 2.24. The van der Waals surface area contributed by atoms with Crippen LogP contribution in [0.3, 0.4) is 0 Å². The van der Waals surface area contributed by atoms with E-state index in [0.29, 0.717) is 10.7 Å². The van der Waals surface area contributed by atoms with Crippen LogP contribution in [0, 0.1) is 11.6 Å². The van der Waals surface area contributed by atoms with E-state index in [1.54, 1.807) is 0 Å². The Morgan fingerprint density at radius 3 is 2.30 bits per heavy atom. The molecule has 23 heavy (non-hydrogen) atoms. The van der Waals surface area contributed by atoms with E-state index < -0.39 is 35.7 Å². The van der Waals surface area contributed by atoms with Crippen molar-refractivity contribution in [1.29, 1.82) is 0 Å². The van der Waals surface area contributed by atoms with Crippen LogP contribution in [0.15, 0.2) is 36.4 Å². The third-order valence-corrected chi connectivity index (χ3v) is 3.44. The second kappa shape index (κ2) is 7.39. The maximum Gasteiger partial charge on any atom is 0.344 e. The van der Waals surface area contributed by atoms with Crippen LogP contribution in [-0.4, -0.2) is 18.5 Å². The smallest absolute Gasteiger partial charge is 0.344 e. The van der Waals surface area contributed by atoms with E-state index in [9.17, 15) is 18.4 Å². The molecule has 0 atom stereocenters. The Bertz CT molecular complexity index is 748. The topological polar surface area (TPSA) is 55.4 Å². The normalized spacial score (nSPS) is 10.3. The summed E-state index contributed by atoms with van der Waals surface area (Å²) in [5, 5.41) is 2.94. The molecule has 2 rings (SSSR count). The molecular formula is C15H9Cl2F2NO3. The summed E-state index contributed by atoms with van der Waals surface area (Å²) in [7, 11) is 0. The molecule has 0 bridgehead atoms. The van der Waals surface area contributed by atoms with Crippen LogP contribution in [-0.2, 0) is 9.53 Å². The van der Waals surface area contributed by atoms with Crippen molar-refractivity contribution in [3.8, 4) is 0 Å². The van der Waals surface area contributed by atoms with E-state index >= 15 is 0 Å².